The molecule has 1 unspecified atom stereocenters. The molecule has 0 bridgehead atoms. The molecule has 4 aromatic rings. The first-order chi connectivity index (χ1) is 11.8. The second-order valence-electron chi connectivity index (χ2n) is 5.65. The van der Waals surface area contributed by atoms with E-state index in [0.717, 1.165) is 22.3 Å². The number of halogens is 1. The molecule has 1 atom stereocenters. The van der Waals surface area contributed by atoms with E-state index in [1.165, 1.54) is 12.1 Å². The Kier molecular flexibility index (Phi) is 3.71. The maximum Gasteiger partial charge on any atom is 0.123 e. The summed E-state index contributed by atoms with van der Waals surface area (Å²) >= 11 is 0. The van der Waals surface area contributed by atoms with Crippen molar-refractivity contribution in [3.8, 4) is 11.1 Å². The van der Waals surface area contributed by atoms with E-state index in [4.69, 9.17) is 0 Å². The molecule has 4 heteroatoms. The van der Waals surface area contributed by atoms with Crippen LogP contribution < -0.4 is 0 Å². The number of aromatic nitrogens is 3. The number of H-pyrrole nitrogens is 1. The topological polar surface area (TPSA) is 33.6 Å². The van der Waals surface area contributed by atoms with E-state index in [2.05, 4.69) is 22.1 Å². The third-order valence-electron chi connectivity index (χ3n) is 4.17. The van der Waals surface area contributed by atoms with Crippen LogP contribution in [0.4, 0.5) is 4.39 Å². The maximum atomic E-state index is 13.4. The molecule has 0 aliphatic carbocycles. The summed E-state index contributed by atoms with van der Waals surface area (Å²) in [5.74, 6) is -0.236. The first kappa shape index (κ1) is 14.5. The second-order valence-corrected chi connectivity index (χ2v) is 5.65. The van der Waals surface area contributed by atoms with Crippen molar-refractivity contribution in [3.05, 3.63) is 103 Å². The summed E-state index contributed by atoms with van der Waals surface area (Å²) in [7, 11) is 0. The number of aromatic amines is 1. The van der Waals surface area contributed by atoms with Crippen molar-refractivity contribution in [3.63, 3.8) is 0 Å². The van der Waals surface area contributed by atoms with E-state index in [0.29, 0.717) is 0 Å². The summed E-state index contributed by atoms with van der Waals surface area (Å²) in [6, 6.07) is 16.8. The molecule has 0 spiro atoms. The molecule has 0 fully saturated rings. The second kappa shape index (κ2) is 6.16. The average Bonchev–Trinajstić information content (AvgIpc) is 3.30. The van der Waals surface area contributed by atoms with Gasteiger partial charge in [0.05, 0.1) is 12.4 Å². The fourth-order valence-corrected chi connectivity index (χ4v) is 3.05. The lowest BCUT2D eigenvalue weighted by atomic mass is 9.94. The summed E-state index contributed by atoms with van der Waals surface area (Å²) in [6.07, 6.45) is 9.46. The third-order valence-corrected chi connectivity index (χ3v) is 4.17. The highest BCUT2D eigenvalue weighted by atomic mass is 19.1. The maximum absolute atomic E-state index is 13.4. The summed E-state index contributed by atoms with van der Waals surface area (Å²) in [5, 5.41) is 0. The molecule has 0 saturated heterocycles. The van der Waals surface area contributed by atoms with Crippen LogP contribution in [-0.2, 0) is 0 Å². The number of benzene rings is 2. The van der Waals surface area contributed by atoms with Crippen LogP contribution in [0.5, 0.6) is 0 Å². The van der Waals surface area contributed by atoms with Gasteiger partial charge in [0, 0.05) is 35.9 Å². The lowest BCUT2D eigenvalue weighted by Crippen LogP contribution is -2.11. The first-order valence-corrected chi connectivity index (χ1v) is 7.78. The Labute approximate surface area is 139 Å². The monoisotopic (exact) mass is 317 g/mol. The number of rotatable bonds is 4. The van der Waals surface area contributed by atoms with Crippen LogP contribution in [0.1, 0.15) is 17.2 Å². The Bertz CT molecular complexity index is 909. The Morgan fingerprint density at radius 2 is 1.75 bits per heavy atom. The van der Waals surface area contributed by atoms with Crippen molar-refractivity contribution in [2.75, 3.05) is 0 Å². The molecule has 1 N–H and O–H groups in total. The molecule has 3 nitrogen and oxygen atoms in total. The van der Waals surface area contributed by atoms with Gasteiger partial charge in [0.1, 0.15) is 5.82 Å². The summed E-state index contributed by atoms with van der Waals surface area (Å²) in [5.41, 5.74) is 4.39. The van der Waals surface area contributed by atoms with Gasteiger partial charge in [0.25, 0.3) is 0 Å². The molecule has 2 aromatic carbocycles. The largest absolute Gasteiger partial charge is 0.367 e. The van der Waals surface area contributed by atoms with Crippen molar-refractivity contribution in [2.45, 2.75) is 6.04 Å². The minimum Gasteiger partial charge on any atom is -0.367 e. The van der Waals surface area contributed by atoms with E-state index in [1.54, 1.807) is 12.5 Å². The van der Waals surface area contributed by atoms with E-state index < -0.39 is 0 Å². The number of hydrogen-bond donors (Lipinski definition) is 1. The zero-order valence-electron chi connectivity index (χ0n) is 12.9. The highest BCUT2D eigenvalue weighted by Crippen LogP contribution is 2.34. The molecule has 24 heavy (non-hydrogen) atoms. The quantitative estimate of drug-likeness (QED) is 0.584. The lowest BCUT2D eigenvalue weighted by molar-refractivity contribution is 0.622. The van der Waals surface area contributed by atoms with Gasteiger partial charge in [-0.25, -0.2) is 9.37 Å². The predicted molar refractivity (Wildman–Crippen MR) is 92.1 cm³/mol. The van der Waals surface area contributed by atoms with Gasteiger partial charge in [0.15, 0.2) is 0 Å². The van der Waals surface area contributed by atoms with Gasteiger partial charge in [-0.1, -0.05) is 42.5 Å². The van der Waals surface area contributed by atoms with Crippen LogP contribution in [-0.4, -0.2) is 14.5 Å². The van der Waals surface area contributed by atoms with Gasteiger partial charge >= 0.3 is 0 Å². The minimum atomic E-state index is -0.236. The molecule has 4 rings (SSSR count). The van der Waals surface area contributed by atoms with Crippen LogP contribution >= 0.6 is 0 Å². The summed E-state index contributed by atoms with van der Waals surface area (Å²) in [6.45, 7) is 0. The number of nitrogens with zero attached hydrogens (tertiary/aromatic N) is 2. The highest BCUT2D eigenvalue weighted by Gasteiger charge is 2.20. The van der Waals surface area contributed by atoms with Crippen molar-refractivity contribution in [2.24, 2.45) is 0 Å². The van der Waals surface area contributed by atoms with Gasteiger partial charge in [-0.2, -0.15) is 0 Å². The lowest BCUT2D eigenvalue weighted by Gasteiger charge is -2.20. The predicted octanol–water partition coefficient (Wildman–Crippen LogP) is 4.66. The van der Waals surface area contributed by atoms with Gasteiger partial charge in [-0.05, 0) is 23.3 Å². The SMILES string of the molecule is Fc1ccc(C(c2c[nH]cc2-c2ccccc2)n2ccnc2)cc1. The van der Waals surface area contributed by atoms with Gasteiger partial charge in [-0.3, -0.25) is 0 Å². The first-order valence-electron chi connectivity index (χ1n) is 7.78. The van der Waals surface area contributed by atoms with Crippen molar-refractivity contribution in [1.82, 2.24) is 14.5 Å². The fourth-order valence-electron chi connectivity index (χ4n) is 3.05. The Balaban J connectivity index is 1.87. The molecule has 2 heterocycles. The summed E-state index contributed by atoms with van der Waals surface area (Å²) in [4.78, 5) is 7.39. The number of imidazole rings is 1. The molecule has 118 valence electrons. The number of nitrogens with one attached hydrogen (secondary N) is 1. The molecule has 0 radical (unpaired) electrons. The van der Waals surface area contributed by atoms with Gasteiger partial charge < -0.3 is 9.55 Å². The van der Waals surface area contributed by atoms with Crippen molar-refractivity contribution < 1.29 is 4.39 Å². The average molecular weight is 317 g/mol. The van der Waals surface area contributed by atoms with Gasteiger partial charge in [0.2, 0.25) is 0 Å². The molecule has 0 saturated carbocycles. The standard InChI is InChI=1S/C20H16FN3/c21-17-8-6-16(7-9-17)20(24-11-10-22-14-24)19-13-23-12-18(19)15-4-2-1-3-5-15/h1-14,20,23H. The Morgan fingerprint density at radius 1 is 0.958 bits per heavy atom. The third kappa shape index (κ3) is 2.63. The zero-order valence-corrected chi connectivity index (χ0v) is 12.9. The zero-order chi connectivity index (χ0) is 16.4. The molecule has 0 amide bonds. The van der Waals surface area contributed by atoms with E-state index in [1.807, 2.05) is 53.5 Å². The Hall–Kier alpha value is -3.14. The normalized spacial score (nSPS) is 12.2. The van der Waals surface area contributed by atoms with E-state index in [-0.39, 0.29) is 11.9 Å². The number of hydrogen-bond acceptors (Lipinski definition) is 1. The summed E-state index contributed by atoms with van der Waals surface area (Å²) < 4.78 is 15.4. The van der Waals surface area contributed by atoms with Gasteiger partial charge in [-0.15, -0.1) is 0 Å². The van der Waals surface area contributed by atoms with E-state index in [9.17, 15) is 4.39 Å². The van der Waals surface area contributed by atoms with Crippen LogP contribution in [0.3, 0.4) is 0 Å². The minimum absolute atomic E-state index is 0.0745. The fraction of sp³-hybridized carbons (Fsp3) is 0.0500. The molecular weight excluding hydrogens is 301 g/mol. The van der Waals surface area contributed by atoms with Crippen molar-refractivity contribution in [1.29, 1.82) is 0 Å². The Morgan fingerprint density at radius 3 is 2.46 bits per heavy atom. The van der Waals surface area contributed by atoms with E-state index >= 15 is 0 Å². The van der Waals surface area contributed by atoms with Crippen LogP contribution in [0, 0.1) is 5.82 Å². The van der Waals surface area contributed by atoms with Crippen molar-refractivity contribution >= 4 is 0 Å². The molecule has 2 aromatic heterocycles. The van der Waals surface area contributed by atoms with Crippen LogP contribution in [0.2, 0.25) is 0 Å². The molecular formula is C20H16FN3. The molecule has 0 aliphatic rings. The van der Waals surface area contributed by atoms with Crippen LogP contribution in [0.15, 0.2) is 85.7 Å². The highest BCUT2D eigenvalue weighted by molar-refractivity contribution is 5.68. The molecule has 0 aliphatic heterocycles. The smallest absolute Gasteiger partial charge is 0.123 e. The van der Waals surface area contributed by atoms with Crippen LogP contribution in [0.25, 0.3) is 11.1 Å².